The molecule has 166 valence electrons. The van der Waals surface area contributed by atoms with Gasteiger partial charge in [-0.2, -0.15) is 5.10 Å². The lowest BCUT2D eigenvalue weighted by Gasteiger charge is -2.19. The SMILES string of the molecule is COc1ccc(C(=O)Nc2c(-c3ccccc3Cl)c(=O)c(C)nn2-c2ccc(F)cc2)cc1. The Morgan fingerprint density at radius 2 is 1.70 bits per heavy atom. The monoisotopic (exact) mass is 463 g/mol. The summed E-state index contributed by atoms with van der Waals surface area (Å²) < 4.78 is 20.1. The first-order valence-electron chi connectivity index (χ1n) is 9.99. The number of nitrogens with zero attached hydrogens (tertiary/aromatic N) is 2. The van der Waals surface area contributed by atoms with Crippen molar-refractivity contribution in [3.05, 3.63) is 105 Å². The third-order valence-corrected chi connectivity index (χ3v) is 5.38. The van der Waals surface area contributed by atoms with Gasteiger partial charge in [0.25, 0.3) is 5.91 Å². The average molecular weight is 464 g/mol. The van der Waals surface area contributed by atoms with Crippen LogP contribution in [0.1, 0.15) is 16.1 Å². The zero-order valence-corrected chi connectivity index (χ0v) is 18.6. The summed E-state index contributed by atoms with van der Waals surface area (Å²) in [4.78, 5) is 26.3. The van der Waals surface area contributed by atoms with Crippen molar-refractivity contribution in [3.8, 4) is 22.6 Å². The number of anilines is 1. The fraction of sp³-hybridized carbons (Fsp3) is 0.0800. The minimum absolute atomic E-state index is 0.117. The van der Waals surface area contributed by atoms with Crippen LogP contribution in [0.4, 0.5) is 10.2 Å². The van der Waals surface area contributed by atoms with E-state index in [1.165, 1.54) is 36.1 Å². The highest BCUT2D eigenvalue weighted by Gasteiger charge is 2.22. The van der Waals surface area contributed by atoms with E-state index >= 15 is 0 Å². The highest BCUT2D eigenvalue weighted by molar-refractivity contribution is 6.33. The Bertz CT molecular complexity index is 1380. The fourth-order valence-electron chi connectivity index (χ4n) is 3.36. The van der Waals surface area contributed by atoms with E-state index in [1.54, 1.807) is 55.5 Å². The molecule has 3 aromatic carbocycles. The van der Waals surface area contributed by atoms with Crippen LogP contribution >= 0.6 is 11.6 Å². The van der Waals surface area contributed by atoms with E-state index in [1.807, 2.05) is 0 Å². The molecule has 1 N–H and O–H groups in total. The molecule has 0 saturated heterocycles. The maximum Gasteiger partial charge on any atom is 0.256 e. The Morgan fingerprint density at radius 1 is 1.03 bits per heavy atom. The van der Waals surface area contributed by atoms with Gasteiger partial charge in [-0.1, -0.05) is 29.8 Å². The Hall–Kier alpha value is -3.97. The van der Waals surface area contributed by atoms with Crippen molar-refractivity contribution < 1.29 is 13.9 Å². The number of carbonyl (C=O) groups is 1. The molecule has 0 aliphatic heterocycles. The number of hydrogen-bond donors (Lipinski definition) is 1. The lowest BCUT2D eigenvalue weighted by atomic mass is 10.0. The molecule has 1 aromatic heterocycles. The first-order chi connectivity index (χ1) is 15.9. The van der Waals surface area contributed by atoms with Gasteiger partial charge in [0.05, 0.1) is 18.4 Å². The lowest BCUT2D eigenvalue weighted by molar-refractivity contribution is 0.102. The van der Waals surface area contributed by atoms with Gasteiger partial charge in [-0.25, -0.2) is 9.07 Å². The van der Waals surface area contributed by atoms with Gasteiger partial charge in [-0.3, -0.25) is 9.59 Å². The average Bonchev–Trinajstić information content (AvgIpc) is 2.83. The summed E-state index contributed by atoms with van der Waals surface area (Å²) >= 11 is 6.42. The minimum Gasteiger partial charge on any atom is -0.497 e. The van der Waals surface area contributed by atoms with E-state index in [0.29, 0.717) is 27.6 Å². The third-order valence-electron chi connectivity index (χ3n) is 5.05. The number of methoxy groups -OCH3 is 1. The van der Waals surface area contributed by atoms with Crippen molar-refractivity contribution in [1.29, 1.82) is 0 Å². The zero-order chi connectivity index (χ0) is 23.5. The summed E-state index contributed by atoms with van der Waals surface area (Å²) in [5.41, 5.74) is 1.23. The fourth-order valence-corrected chi connectivity index (χ4v) is 3.59. The number of aromatic nitrogens is 2. The molecule has 0 saturated carbocycles. The number of amides is 1. The third kappa shape index (κ3) is 4.49. The molecule has 0 spiro atoms. The van der Waals surface area contributed by atoms with Crippen molar-refractivity contribution in [3.63, 3.8) is 0 Å². The molecule has 33 heavy (non-hydrogen) atoms. The summed E-state index contributed by atoms with van der Waals surface area (Å²) in [7, 11) is 1.53. The maximum atomic E-state index is 13.6. The van der Waals surface area contributed by atoms with Gasteiger partial charge in [-0.05, 0) is 61.5 Å². The van der Waals surface area contributed by atoms with Crippen LogP contribution in [0.3, 0.4) is 0 Å². The second-order valence-corrected chi connectivity index (χ2v) is 7.60. The van der Waals surface area contributed by atoms with Crippen LogP contribution in [0, 0.1) is 12.7 Å². The summed E-state index contributed by atoms with van der Waals surface area (Å²) in [6.45, 7) is 1.57. The zero-order valence-electron chi connectivity index (χ0n) is 17.8. The number of nitrogens with one attached hydrogen (secondary N) is 1. The molecule has 0 bridgehead atoms. The van der Waals surface area contributed by atoms with Crippen molar-refractivity contribution >= 4 is 23.3 Å². The number of rotatable bonds is 5. The minimum atomic E-state index is -0.466. The smallest absolute Gasteiger partial charge is 0.256 e. The number of hydrogen-bond acceptors (Lipinski definition) is 4. The predicted octanol–water partition coefficient (Wildman–Crippen LogP) is 5.26. The normalized spacial score (nSPS) is 10.7. The van der Waals surface area contributed by atoms with Crippen LogP contribution in [-0.2, 0) is 0 Å². The summed E-state index contributed by atoms with van der Waals surface area (Å²) in [5.74, 6) is -0.173. The molecular weight excluding hydrogens is 445 g/mol. The van der Waals surface area contributed by atoms with E-state index in [0.717, 1.165) is 0 Å². The van der Waals surface area contributed by atoms with Gasteiger partial charge in [-0.15, -0.1) is 0 Å². The molecule has 4 aromatic rings. The molecule has 1 amide bonds. The van der Waals surface area contributed by atoms with Crippen LogP contribution in [0.5, 0.6) is 5.75 Å². The Balaban J connectivity index is 1.94. The number of benzene rings is 3. The van der Waals surface area contributed by atoms with E-state index in [9.17, 15) is 14.0 Å². The van der Waals surface area contributed by atoms with E-state index in [2.05, 4.69) is 10.4 Å². The molecule has 6 nitrogen and oxygen atoms in total. The molecule has 4 rings (SSSR count). The van der Waals surface area contributed by atoms with Gasteiger partial charge in [0, 0.05) is 16.1 Å². The Kier molecular flexibility index (Phi) is 6.24. The van der Waals surface area contributed by atoms with Gasteiger partial charge >= 0.3 is 0 Å². The van der Waals surface area contributed by atoms with E-state index < -0.39 is 11.7 Å². The van der Waals surface area contributed by atoms with E-state index in [4.69, 9.17) is 16.3 Å². The second kappa shape index (κ2) is 9.26. The van der Waals surface area contributed by atoms with Crippen molar-refractivity contribution in [2.75, 3.05) is 12.4 Å². The highest BCUT2D eigenvalue weighted by atomic mass is 35.5. The largest absolute Gasteiger partial charge is 0.497 e. The van der Waals surface area contributed by atoms with Crippen molar-refractivity contribution in [1.82, 2.24) is 9.78 Å². The second-order valence-electron chi connectivity index (χ2n) is 7.19. The molecule has 0 fully saturated rings. The lowest BCUT2D eigenvalue weighted by Crippen LogP contribution is -2.25. The van der Waals surface area contributed by atoms with Crippen molar-refractivity contribution in [2.24, 2.45) is 0 Å². The van der Waals surface area contributed by atoms with Crippen molar-refractivity contribution in [2.45, 2.75) is 6.92 Å². The van der Waals surface area contributed by atoms with Gasteiger partial charge in [0.1, 0.15) is 23.1 Å². The van der Waals surface area contributed by atoms with Crippen LogP contribution in [0.15, 0.2) is 77.6 Å². The Labute approximate surface area is 194 Å². The van der Waals surface area contributed by atoms with E-state index in [-0.39, 0.29) is 22.5 Å². The molecule has 1 heterocycles. The summed E-state index contributed by atoms with van der Waals surface area (Å²) in [6.07, 6.45) is 0. The molecule has 0 aliphatic carbocycles. The summed E-state index contributed by atoms with van der Waals surface area (Å²) in [5, 5.41) is 7.51. The maximum absolute atomic E-state index is 13.6. The quantitative estimate of drug-likeness (QED) is 0.438. The van der Waals surface area contributed by atoms with Crippen LogP contribution < -0.4 is 15.5 Å². The standard InChI is InChI=1S/C25H19ClFN3O3/c1-15-23(31)22(20-5-3-4-6-21(20)26)24(30(29-15)18-11-9-17(27)10-12-18)28-25(32)16-7-13-19(33-2)14-8-16/h3-14H,1-2H3,(H,28,32). The first kappa shape index (κ1) is 22.2. The number of halogens is 2. The molecular formula is C25H19ClFN3O3. The van der Waals surface area contributed by atoms with Gasteiger partial charge < -0.3 is 10.1 Å². The van der Waals surface area contributed by atoms with Crippen LogP contribution in [-0.4, -0.2) is 22.8 Å². The predicted molar refractivity (Wildman–Crippen MR) is 126 cm³/mol. The number of aryl methyl sites for hydroxylation is 1. The van der Waals surface area contributed by atoms with Crippen LogP contribution in [0.2, 0.25) is 5.02 Å². The van der Waals surface area contributed by atoms with Gasteiger partial charge in [0.15, 0.2) is 0 Å². The molecule has 0 aliphatic rings. The van der Waals surface area contributed by atoms with Crippen LogP contribution in [0.25, 0.3) is 16.8 Å². The highest BCUT2D eigenvalue weighted by Crippen LogP contribution is 2.32. The first-order valence-corrected chi connectivity index (χ1v) is 10.4. The summed E-state index contributed by atoms with van der Waals surface area (Å²) in [6, 6.07) is 18.9. The molecule has 8 heteroatoms. The van der Waals surface area contributed by atoms with Gasteiger partial charge in [0.2, 0.25) is 5.43 Å². The topological polar surface area (TPSA) is 73.2 Å². The molecule has 0 unspecified atom stereocenters. The molecule has 0 radical (unpaired) electrons. The number of ether oxygens (including phenoxy) is 1. The Morgan fingerprint density at radius 3 is 2.33 bits per heavy atom. The number of carbonyl (C=O) groups excluding carboxylic acids is 1. The molecule has 0 atom stereocenters.